The second-order valence-electron chi connectivity index (χ2n) is 9.11. The van der Waals surface area contributed by atoms with Crippen molar-refractivity contribution in [2.75, 3.05) is 44.9 Å². The second-order valence-corrected chi connectivity index (χ2v) is 9.11. The highest BCUT2D eigenvalue weighted by Crippen LogP contribution is 2.41. The summed E-state index contributed by atoms with van der Waals surface area (Å²) < 4.78 is 11.3. The van der Waals surface area contributed by atoms with Gasteiger partial charge in [0.25, 0.3) is 0 Å². The third-order valence-corrected chi connectivity index (χ3v) is 6.74. The molecule has 0 atom stereocenters. The number of H-pyrrole nitrogens is 2. The molecule has 4 aromatic rings. The van der Waals surface area contributed by atoms with Gasteiger partial charge in [0.05, 0.1) is 18.5 Å². The summed E-state index contributed by atoms with van der Waals surface area (Å²) in [5.74, 6) is 2.02. The largest absolute Gasteiger partial charge is 0.467 e. The number of aromatic amines is 2. The number of hydrogen-bond donors (Lipinski definition) is 2. The van der Waals surface area contributed by atoms with E-state index < -0.39 is 0 Å². The zero-order valence-electron chi connectivity index (χ0n) is 20.0. The molecule has 2 aliphatic rings. The smallest absolute Gasteiger partial charge is 0.227 e. The van der Waals surface area contributed by atoms with Crippen molar-refractivity contribution >= 4 is 22.9 Å². The Bertz CT molecular complexity index is 1430. The Kier molecular flexibility index (Phi) is 5.27. The number of imidazole rings is 1. The molecule has 0 saturated carbocycles. The predicted molar refractivity (Wildman–Crippen MR) is 132 cm³/mol. The number of likely N-dealkylation sites (N-methyl/N-ethyl adjacent to an activating group) is 1. The quantitative estimate of drug-likeness (QED) is 0.435. The van der Waals surface area contributed by atoms with E-state index in [0.717, 1.165) is 65.5 Å². The molecule has 0 spiro atoms. The minimum absolute atomic E-state index is 0.0245. The van der Waals surface area contributed by atoms with E-state index in [-0.39, 0.29) is 12.6 Å². The molecule has 0 radical (unpaired) electrons. The summed E-state index contributed by atoms with van der Waals surface area (Å²) in [4.78, 5) is 38.1. The summed E-state index contributed by atoms with van der Waals surface area (Å²) in [5, 5.41) is 0. The zero-order chi connectivity index (χ0) is 24.1. The molecule has 180 valence electrons. The van der Waals surface area contributed by atoms with E-state index in [1.165, 1.54) is 0 Å². The molecule has 2 aliphatic heterocycles. The second kappa shape index (κ2) is 8.47. The molecule has 1 fully saturated rings. The first-order valence-electron chi connectivity index (χ1n) is 11.7. The van der Waals surface area contributed by atoms with Crippen LogP contribution in [0.4, 0.5) is 5.95 Å². The van der Waals surface area contributed by atoms with Gasteiger partial charge in [-0.2, -0.15) is 4.98 Å². The number of Topliss-reactive ketones (excluding diaryl/α,β-unsaturated/α-hetero) is 1. The van der Waals surface area contributed by atoms with Crippen molar-refractivity contribution < 1.29 is 14.3 Å². The van der Waals surface area contributed by atoms with Gasteiger partial charge in [-0.15, -0.1) is 0 Å². The van der Waals surface area contributed by atoms with E-state index in [4.69, 9.17) is 19.4 Å². The van der Waals surface area contributed by atoms with Gasteiger partial charge in [-0.1, -0.05) is 12.1 Å². The third kappa shape index (κ3) is 3.75. The van der Waals surface area contributed by atoms with Gasteiger partial charge < -0.3 is 29.2 Å². The molecule has 10 nitrogen and oxygen atoms in total. The normalized spacial score (nSPS) is 16.4. The fraction of sp³-hybridized carbons (Fsp3) is 0.360. The number of ketones is 1. The lowest BCUT2D eigenvalue weighted by Crippen LogP contribution is -2.45. The van der Waals surface area contributed by atoms with Gasteiger partial charge in [0.15, 0.2) is 24.0 Å². The van der Waals surface area contributed by atoms with Crippen LogP contribution in [0.5, 0.6) is 5.75 Å². The van der Waals surface area contributed by atoms with E-state index in [1.54, 1.807) is 13.1 Å². The molecule has 1 aromatic carbocycles. The molecule has 2 N–H and O–H groups in total. The number of hydrogen-bond acceptors (Lipinski definition) is 8. The van der Waals surface area contributed by atoms with Crippen molar-refractivity contribution in [3.8, 4) is 28.4 Å². The standard InChI is InChI=1S/C25H27N7O3/c1-14-20(15(2)33)21(16-5-4-6-19-17(16)12-34-13-35-19)22(27-14)24-28-18-11-26-25(30-23(18)29-24)32-9-7-31(3)8-10-32/h4-6,11,27H,7-10,12-13H2,1-3H3,(H,26,28,29,30). The van der Waals surface area contributed by atoms with Gasteiger partial charge in [0.1, 0.15) is 11.3 Å². The summed E-state index contributed by atoms with van der Waals surface area (Å²) in [6.45, 7) is 7.81. The fourth-order valence-corrected chi connectivity index (χ4v) is 4.92. The number of benzene rings is 1. The van der Waals surface area contributed by atoms with Crippen LogP contribution in [-0.2, 0) is 11.3 Å². The number of nitrogens with zero attached hydrogens (tertiary/aromatic N) is 5. The molecule has 0 aliphatic carbocycles. The van der Waals surface area contributed by atoms with Crippen molar-refractivity contribution in [3.05, 3.63) is 41.2 Å². The van der Waals surface area contributed by atoms with Crippen LogP contribution < -0.4 is 9.64 Å². The SMILES string of the molecule is CC(=O)c1c(C)[nH]c(-c2nc3nc(N4CCN(C)CC4)ncc3[nH]2)c1-c1cccc2c1COCO2. The van der Waals surface area contributed by atoms with Gasteiger partial charge in [0.2, 0.25) is 5.95 Å². The van der Waals surface area contributed by atoms with Crippen LogP contribution in [0.15, 0.2) is 24.4 Å². The van der Waals surface area contributed by atoms with E-state index in [0.29, 0.717) is 29.6 Å². The van der Waals surface area contributed by atoms with Crippen LogP contribution in [0, 0.1) is 6.92 Å². The first-order chi connectivity index (χ1) is 17.0. The van der Waals surface area contributed by atoms with Crippen LogP contribution in [0.2, 0.25) is 0 Å². The number of fused-ring (bicyclic) bond motifs is 2. The maximum Gasteiger partial charge on any atom is 0.227 e. The van der Waals surface area contributed by atoms with Crippen molar-refractivity contribution in [3.63, 3.8) is 0 Å². The molecule has 5 heterocycles. The minimum atomic E-state index is -0.0245. The molecule has 1 saturated heterocycles. The van der Waals surface area contributed by atoms with E-state index >= 15 is 0 Å². The average Bonchev–Trinajstić information content (AvgIpc) is 3.44. The Hall–Kier alpha value is -3.76. The van der Waals surface area contributed by atoms with Gasteiger partial charge in [-0.05, 0) is 32.5 Å². The van der Waals surface area contributed by atoms with Crippen LogP contribution >= 0.6 is 0 Å². The van der Waals surface area contributed by atoms with Gasteiger partial charge in [-0.25, -0.2) is 9.97 Å². The zero-order valence-corrected chi connectivity index (χ0v) is 20.0. The fourth-order valence-electron chi connectivity index (χ4n) is 4.92. The topological polar surface area (TPSA) is 112 Å². The number of carbonyl (C=O) groups excluding carboxylic acids is 1. The van der Waals surface area contributed by atoms with Crippen molar-refractivity contribution in [1.29, 1.82) is 0 Å². The number of nitrogens with one attached hydrogen (secondary N) is 2. The van der Waals surface area contributed by atoms with Crippen molar-refractivity contribution in [2.45, 2.75) is 20.5 Å². The first-order valence-corrected chi connectivity index (χ1v) is 11.7. The lowest BCUT2D eigenvalue weighted by Gasteiger charge is -2.32. The Morgan fingerprint density at radius 3 is 2.74 bits per heavy atom. The Morgan fingerprint density at radius 1 is 1.11 bits per heavy atom. The highest BCUT2D eigenvalue weighted by atomic mass is 16.7. The van der Waals surface area contributed by atoms with E-state index in [2.05, 4.69) is 31.8 Å². The number of aryl methyl sites for hydroxylation is 1. The Balaban J connectivity index is 1.48. The molecular weight excluding hydrogens is 446 g/mol. The lowest BCUT2D eigenvalue weighted by molar-refractivity contribution is -0.0160. The van der Waals surface area contributed by atoms with E-state index in [1.807, 2.05) is 25.1 Å². The van der Waals surface area contributed by atoms with Crippen molar-refractivity contribution in [2.24, 2.45) is 0 Å². The Morgan fingerprint density at radius 2 is 1.94 bits per heavy atom. The van der Waals surface area contributed by atoms with Crippen LogP contribution in [-0.4, -0.2) is 75.6 Å². The molecule has 6 rings (SSSR count). The number of rotatable bonds is 4. The molecular formula is C25H27N7O3. The maximum atomic E-state index is 12.7. The number of carbonyl (C=O) groups is 1. The van der Waals surface area contributed by atoms with Gasteiger partial charge in [0, 0.05) is 48.6 Å². The minimum Gasteiger partial charge on any atom is -0.467 e. The van der Waals surface area contributed by atoms with Crippen LogP contribution in [0.1, 0.15) is 28.5 Å². The number of anilines is 1. The van der Waals surface area contributed by atoms with E-state index in [9.17, 15) is 4.79 Å². The summed E-state index contributed by atoms with van der Waals surface area (Å²) in [6.07, 6.45) is 1.78. The summed E-state index contributed by atoms with van der Waals surface area (Å²) >= 11 is 0. The molecule has 3 aromatic heterocycles. The third-order valence-electron chi connectivity index (χ3n) is 6.74. The maximum absolute atomic E-state index is 12.7. The average molecular weight is 474 g/mol. The number of piperazine rings is 1. The lowest BCUT2D eigenvalue weighted by atomic mass is 9.93. The first kappa shape index (κ1) is 21.8. The van der Waals surface area contributed by atoms with Crippen LogP contribution in [0.3, 0.4) is 0 Å². The summed E-state index contributed by atoms with van der Waals surface area (Å²) in [7, 11) is 2.12. The van der Waals surface area contributed by atoms with Gasteiger partial charge >= 0.3 is 0 Å². The highest BCUT2D eigenvalue weighted by Gasteiger charge is 2.27. The number of aromatic nitrogens is 5. The number of ether oxygens (including phenoxy) is 2. The predicted octanol–water partition coefficient (Wildman–Crippen LogP) is 3.14. The molecule has 0 bridgehead atoms. The highest BCUT2D eigenvalue weighted by molar-refractivity contribution is 6.06. The van der Waals surface area contributed by atoms with Crippen LogP contribution in [0.25, 0.3) is 33.8 Å². The molecule has 0 amide bonds. The molecule has 35 heavy (non-hydrogen) atoms. The summed E-state index contributed by atoms with van der Waals surface area (Å²) in [5.41, 5.74) is 6.05. The molecule has 10 heteroatoms. The Labute approximate surface area is 202 Å². The van der Waals surface area contributed by atoms with Gasteiger partial charge in [-0.3, -0.25) is 4.79 Å². The monoisotopic (exact) mass is 473 g/mol. The van der Waals surface area contributed by atoms with Crippen molar-refractivity contribution in [1.82, 2.24) is 29.8 Å². The summed E-state index contributed by atoms with van der Waals surface area (Å²) in [6, 6.07) is 5.84. The molecule has 0 unspecified atom stereocenters.